The van der Waals surface area contributed by atoms with Crippen molar-refractivity contribution in [1.82, 2.24) is 19.4 Å². The smallest absolute Gasteiger partial charge is 0.263 e. The van der Waals surface area contributed by atoms with E-state index in [0.717, 1.165) is 22.2 Å². The summed E-state index contributed by atoms with van der Waals surface area (Å²) < 4.78 is 1.62. The largest absolute Gasteiger partial charge is 0.361 e. The quantitative estimate of drug-likeness (QED) is 0.538. The van der Waals surface area contributed by atoms with Gasteiger partial charge >= 0.3 is 0 Å². The molecule has 0 aliphatic heterocycles. The maximum Gasteiger partial charge on any atom is 0.263 e. The van der Waals surface area contributed by atoms with Crippen molar-refractivity contribution in [2.45, 2.75) is 26.4 Å². The van der Waals surface area contributed by atoms with Crippen molar-refractivity contribution in [2.24, 2.45) is 0 Å². The molecule has 1 amide bonds. The van der Waals surface area contributed by atoms with Gasteiger partial charge in [0, 0.05) is 43.1 Å². The molecule has 4 rings (SSSR count). The average Bonchev–Trinajstić information content (AvgIpc) is 3.17. The molecule has 6 heteroatoms. The Hall–Kier alpha value is -3.67. The van der Waals surface area contributed by atoms with E-state index in [1.165, 1.54) is 4.90 Å². The summed E-state index contributed by atoms with van der Waals surface area (Å²) in [5.74, 6) is -0.287. The summed E-state index contributed by atoms with van der Waals surface area (Å²) >= 11 is 0. The van der Waals surface area contributed by atoms with Gasteiger partial charge in [0.1, 0.15) is 5.56 Å². The number of aromatic amines is 1. The van der Waals surface area contributed by atoms with Crippen molar-refractivity contribution in [3.05, 3.63) is 99.9 Å². The van der Waals surface area contributed by atoms with Gasteiger partial charge in [0.2, 0.25) is 0 Å². The Balaban J connectivity index is 1.55. The van der Waals surface area contributed by atoms with Gasteiger partial charge in [-0.05, 0) is 48.7 Å². The fourth-order valence-corrected chi connectivity index (χ4v) is 3.68. The molecule has 152 valence electrons. The zero-order chi connectivity index (χ0) is 21.1. The molecule has 0 saturated heterocycles. The third-order valence-corrected chi connectivity index (χ3v) is 5.36. The first-order chi connectivity index (χ1) is 14.5. The van der Waals surface area contributed by atoms with Gasteiger partial charge in [0.25, 0.3) is 11.5 Å². The number of aromatic nitrogens is 3. The van der Waals surface area contributed by atoms with E-state index in [1.54, 1.807) is 30.9 Å². The molecule has 0 bridgehead atoms. The van der Waals surface area contributed by atoms with E-state index in [0.29, 0.717) is 25.1 Å². The van der Waals surface area contributed by atoms with Crippen molar-refractivity contribution in [3.63, 3.8) is 0 Å². The lowest BCUT2D eigenvalue weighted by atomic mass is 10.1. The monoisotopic (exact) mass is 400 g/mol. The Labute approximate surface area is 174 Å². The van der Waals surface area contributed by atoms with Crippen LogP contribution in [0.15, 0.2) is 71.9 Å². The lowest BCUT2D eigenvalue weighted by Crippen LogP contribution is -2.35. The van der Waals surface area contributed by atoms with Gasteiger partial charge in [-0.15, -0.1) is 0 Å². The zero-order valence-electron chi connectivity index (χ0n) is 17.1. The van der Waals surface area contributed by atoms with Crippen molar-refractivity contribution >= 4 is 16.8 Å². The molecule has 0 fully saturated rings. The second-order valence-corrected chi connectivity index (χ2v) is 7.46. The molecule has 0 atom stereocenters. The number of nitrogens with one attached hydrogen (secondary N) is 1. The number of aryl methyl sites for hydroxylation is 3. The molecule has 1 N–H and O–H groups in total. The zero-order valence-corrected chi connectivity index (χ0v) is 17.1. The van der Waals surface area contributed by atoms with Crippen LogP contribution in [0.1, 0.15) is 27.2 Å². The number of pyridine rings is 2. The lowest BCUT2D eigenvalue weighted by Gasteiger charge is -2.18. The second-order valence-electron chi connectivity index (χ2n) is 7.46. The highest BCUT2D eigenvalue weighted by atomic mass is 16.2. The van der Waals surface area contributed by atoms with E-state index >= 15 is 0 Å². The van der Waals surface area contributed by atoms with Crippen LogP contribution in [0.5, 0.6) is 0 Å². The van der Waals surface area contributed by atoms with Crippen LogP contribution in [0.25, 0.3) is 10.9 Å². The summed E-state index contributed by atoms with van der Waals surface area (Å²) in [4.78, 5) is 35.2. The molecule has 0 aliphatic carbocycles. The Morgan fingerprint density at radius 3 is 2.73 bits per heavy atom. The number of para-hydroxylation sites is 1. The Bertz CT molecular complexity index is 1240. The van der Waals surface area contributed by atoms with Gasteiger partial charge in [0.05, 0.1) is 12.2 Å². The van der Waals surface area contributed by atoms with Crippen LogP contribution in [0.4, 0.5) is 0 Å². The van der Waals surface area contributed by atoms with Crippen molar-refractivity contribution in [1.29, 1.82) is 0 Å². The third-order valence-electron chi connectivity index (χ3n) is 5.36. The minimum Gasteiger partial charge on any atom is -0.361 e. The molecule has 4 aromatic rings. The van der Waals surface area contributed by atoms with Crippen molar-refractivity contribution in [2.75, 3.05) is 7.05 Å². The van der Waals surface area contributed by atoms with Crippen molar-refractivity contribution < 1.29 is 4.79 Å². The first-order valence-corrected chi connectivity index (χ1v) is 9.95. The molecule has 3 aromatic heterocycles. The van der Waals surface area contributed by atoms with Gasteiger partial charge in [-0.25, -0.2) is 0 Å². The number of carbonyl (C=O) groups is 1. The number of benzene rings is 1. The van der Waals surface area contributed by atoms with Crippen LogP contribution >= 0.6 is 0 Å². The molecule has 6 nitrogen and oxygen atoms in total. The topological polar surface area (TPSA) is 71.0 Å². The van der Waals surface area contributed by atoms with E-state index in [9.17, 15) is 9.59 Å². The molecule has 0 radical (unpaired) electrons. The molecule has 0 spiro atoms. The first kappa shape index (κ1) is 19.6. The molecule has 30 heavy (non-hydrogen) atoms. The van der Waals surface area contributed by atoms with Gasteiger partial charge < -0.3 is 14.5 Å². The van der Waals surface area contributed by atoms with E-state index in [4.69, 9.17) is 0 Å². The highest BCUT2D eigenvalue weighted by molar-refractivity contribution is 5.95. The number of rotatable bonds is 6. The Morgan fingerprint density at radius 1 is 1.13 bits per heavy atom. The number of amides is 1. The number of hydrogen-bond acceptors (Lipinski definition) is 3. The fraction of sp³-hybridized carbons (Fsp3) is 0.208. The summed E-state index contributed by atoms with van der Waals surface area (Å²) in [6.45, 7) is 2.65. The predicted molar refractivity (Wildman–Crippen MR) is 117 cm³/mol. The van der Waals surface area contributed by atoms with Crippen molar-refractivity contribution in [3.8, 4) is 0 Å². The summed E-state index contributed by atoms with van der Waals surface area (Å²) in [5, 5.41) is 1.16. The minimum absolute atomic E-state index is 0.217. The summed E-state index contributed by atoms with van der Waals surface area (Å²) in [7, 11) is 1.69. The number of hydrogen-bond donors (Lipinski definition) is 1. The minimum atomic E-state index is -0.287. The van der Waals surface area contributed by atoms with Crippen LogP contribution in [-0.2, 0) is 19.5 Å². The van der Waals surface area contributed by atoms with Crippen LogP contribution in [0, 0.1) is 6.92 Å². The normalized spacial score (nSPS) is 11.0. The maximum absolute atomic E-state index is 13.1. The summed E-state index contributed by atoms with van der Waals surface area (Å²) in [5.41, 5.74) is 3.65. The fourth-order valence-electron chi connectivity index (χ4n) is 3.68. The lowest BCUT2D eigenvalue weighted by molar-refractivity contribution is 0.0780. The standard InChI is InChI=1S/C24H24N4O2/c1-17-10-13-28(14-11-18-15-26-21-9-4-3-8-20(18)21)24(30)22(17)23(29)27(2)16-19-7-5-6-12-25-19/h3-10,12-13,15,26H,11,14,16H2,1-2H3. The highest BCUT2D eigenvalue weighted by Gasteiger charge is 2.20. The average molecular weight is 400 g/mol. The van der Waals surface area contributed by atoms with Crippen LogP contribution in [0.3, 0.4) is 0 Å². The summed E-state index contributed by atoms with van der Waals surface area (Å²) in [6.07, 6.45) is 6.14. The van der Waals surface area contributed by atoms with E-state index in [-0.39, 0.29) is 17.0 Å². The number of H-pyrrole nitrogens is 1. The van der Waals surface area contributed by atoms with Crippen LogP contribution < -0.4 is 5.56 Å². The molecular formula is C24H24N4O2. The van der Waals surface area contributed by atoms with E-state index in [1.807, 2.05) is 48.7 Å². The first-order valence-electron chi connectivity index (χ1n) is 9.95. The number of carbonyl (C=O) groups excluding carboxylic acids is 1. The Kier molecular flexibility index (Phi) is 5.48. The van der Waals surface area contributed by atoms with Gasteiger partial charge in [-0.3, -0.25) is 14.6 Å². The molecule has 1 aromatic carbocycles. The Morgan fingerprint density at radius 2 is 1.93 bits per heavy atom. The molecule has 0 saturated carbocycles. The van der Waals surface area contributed by atoms with Gasteiger partial charge in [-0.2, -0.15) is 0 Å². The molecular weight excluding hydrogens is 376 g/mol. The van der Waals surface area contributed by atoms with E-state index in [2.05, 4.69) is 16.0 Å². The summed E-state index contributed by atoms with van der Waals surface area (Å²) in [6, 6.07) is 15.5. The van der Waals surface area contributed by atoms with Gasteiger partial charge in [-0.1, -0.05) is 24.3 Å². The van der Waals surface area contributed by atoms with E-state index < -0.39 is 0 Å². The number of fused-ring (bicyclic) bond motifs is 1. The van der Waals surface area contributed by atoms with Crippen LogP contribution in [0.2, 0.25) is 0 Å². The van der Waals surface area contributed by atoms with Crippen LogP contribution in [-0.4, -0.2) is 32.4 Å². The SMILES string of the molecule is Cc1ccn(CCc2c[nH]c3ccccc23)c(=O)c1C(=O)N(C)Cc1ccccn1. The van der Waals surface area contributed by atoms with Gasteiger partial charge in [0.15, 0.2) is 0 Å². The third kappa shape index (κ3) is 3.89. The number of nitrogens with zero attached hydrogens (tertiary/aromatic N) is 3. The second kappa shape index (κ2) is 8.37. The maximum atomic E-state index is 13.1. The molecule has 3 heterocycles. The molecule has 0 unspecified atom stereocenters. The predicted octanol–water partition coefficient (Wildman–Crippen LogP) is 3.55. The molecule has 0 aliphatic rings. The highest BCUT2D eigenvalue weighted by Crippen LogP contribution is 2.18.